The molecule has 3 heteroatoms. The van der Waals surface area contributed by atoms with Gasteiger partial charge in [0.25, 0.3) is 0 Å². The topological polar surface area (TPSA) is 31.2 Å². The Balaban J connectivity index is 1.93. The third kappa shape index (κ3) is 2.30. The third-order valence-electron chi connectivity index (χ3n) is 3.38. The van der Waals surface area contributed by atoms with Crippen LogP contribution in [-0.2, 0) is 11.3 Å². The van der Waals surface area contributed by atoms with E-state index in [1.54, 1.807) is 6.07 Å². The summed E-state index contributed by atoms with van der Waals surface area (Å²) in [7, 11) is 1.40. The van der Waals surface area contributed by atoms with Crippen LogP contribution in [-0.4, -0.2) is 17.6 Å². The van der Waals surface area contributed by atoms with Crippen LogP contribution in [0.5, 0.6) is 0 Å². The summed E-state index contributed by atoms with van der Waals surface area (Å²) in [4.78, 5) is 11.6. The molecule has 1 aromatic heterocycles. The summed E-state index contributed by atoms with van der Waals surface area (Å²) < 4.78 is 6.92. The number of hydrogen-bond acceptors (Lipinski definition) is 2. The number of aromatic nitrogens is 1. The number of carbonyl (C=O) groups is 1. The number of nitrogens with zero attached hydrogens (tertiary/aromatic N) is 1. The van der Waals surface area contributed by atoms with Gasteiger partial charge in [-0.25, -0.2) is 4.79 Å². The Morgan fingerprint density at radius 3 is 2.80 bits per heavy atom. The van der Waals surface area contributed by atoms with E-state index < -0.39 is 0 Å². The quantitative estimate of drug-likeness (QED) is 0.679. The Morgan fingerprint density at radius 2 is 1.95 bits per heavy atom. The Kier molecular flexibility index (Phi) is 3.25. The first kappa shape index (κ1) is 12.5. The van der Waals surface area contributed by atoms with Crippen molar-refractivity contribution < 1.29 is 9.53 Å². The monoisotopic (exact) mass is 265 g/mol. The molecule has 0 atom stereocenters. The van der Waals surface area contributed by atoms with Gasteiger partial charge < -0.3 is 9.30 Å². The predicted octanol–water partition coefficient (Wildman–Crippen LogP) is 3.48. The van der Waals surface area contributed by atoms with E-state index in [2.05, 4.69) is 29.0 Å². The van der Waals surface area contributed by atoms with Crippen molar-refractivity contribution in [3.8, 4) is 0 Å². The maximum atomic E-state index is 11.6. The van der Waals surface area contributed by atoms with Crippen molar-refractivity contribution >= 4 is 16.9 Å². The molecule has 3 rings (SSSR count). The number of para-hydroxylation sites is 1. The van der Waals surface area contributed by atoms with Crippen molar-refractivity contribution in [1.82, 2.24) is 4.57 Å². The summed E-state index contributed by atoms with van der Waals surface area (Å²) in [6.07, 6.45) is 2.06. The minimum Gasteiger partial charge on any atom is -0.465 e. The second-order valence-electron chi connectivity index (χ2n) is 4.69. The van der Waals surface area contributed by atoms with Crippen LogP contribution < -0.4 is 0 Å². The largest absolute Gasteiger partial charge is 0.465 e. The summed E-state index contributed by atoms with van der Waals surface area (Å²) in [6, 6.07) is 17.9. The van der Waals surface area contributed by atoms with Crippen LogP contribution >= 0.6 is 0 Å². The maximum absolute atomic E-state index is 11.6. The van der Waals surface area contributed by atoms with Gasteiger partial charge >= 0.3 is 5.97 Å². The van der Waals surface area contributed by atoms with Crippen LogP contribution in [0.3, 0.4) is 0 Å². The maximum Gasteiger partial charge on any atom is 0.337 e. The second kappa shape index (κ2) is 5.21. The number of methoxy groups -OCH3 is 1. The molecule has 2 aromatic carbocycles. The van der Waals surface area contributed by atoms with E-state index in [4.69, 9.17) is 4.74 Å². The number of ether oxygens (including phenoxy) is 1. The number of benzene rings is 2. The lowest BCUT2D eigenvalue weighted by molar-refractivity contribution is 0.0600. The Labute approximate surface area is 117 Å². The molecule has 0 aliphatic carbocycles. The molecule has 0 aliphatic rings. The van der Waals surface area contributed by atoms with Gasteiger partial charge in [-0.3, -0.25) is 0 Å². The number of rotatable bonds is 3. The second-order valence-corrected chi connectivity index (χ2v) is 4.69. The summed E-state index contributed by atoms with van der Waals surface area (Å²) in [5, 5.41) is 1.22. The van der Waals surface area contributed by atoms with Crippen molar-refractivity contribution in [2.24, 2.45) is 0 Å². The van der Waals surface area contributed by atoms with Crippen LogP contribution in [0, 0.1) is 0 Å². The molecular formula is C17H15NO2. The Hall–Kier alpha value is -2.55. The van der Waals surface area contributed by atoms with Crippen LogP contribution in [0.1, 0.15) is 15.9 Å². The molecule has 1 heterocycles. The van der Waals surface area contributed by atoms with Gasteiger partial charge in [0.15, 0.2) is 0 Å². The zero-order valence-electron chi connectivity index (χ0n) is 11.2. The van der Waals surface area contributed by atoms with Gasteiger partial charge in [0.05, 0.1) is 12.7 Å². The molecule has 0 bridgehead atoms. The highest BCUT2D eigenvalue weighted by Gasteiger charge is 2.06. The number of hydrogen-bond donors (Lipinski definition) is 0. The molecule has 100 valence electrons. The molecule has 0 unspecified atom stereocenters. The molecule has 0 fully saturated rings. The average Bonchev–Trinajstić information content (AvgIpc) is 2.90. The highest BCUT2D eigenvalue weighted by atomic mass is 16.5. The summed E-state index contributed by atoms with van der Waals surface area (Å²) in [5.74, 6) is -0.302. The van der Waals surface area contributed by atoms with E-state index in [9.17, 15) is 4.79 Å². The van der Waals surface area contributed by atoms with E-state index in [-0.39, 0.29) is 5.97 Å². The first-order valence-corrected chi connectivity index (χ1v) is 6.49. The first-order valence-electron chi connectivity index (χ1n) is 6.49. The molecule has 0 saturated carbocycles. The van der Waals surface area contributed by atoms with Gasteiger partial charge in [0, 0.05) is 18.3 Å². The SMILES string of the molecule is COC(=O)c1cccc(Cn2ccc3ccccc32)c1. The molecule has 3 nitrogen and oxygen atoms in total. The fraction of sp³-hybridized carbons (Fsp3) is 0.118. The van der Waals surface area contributed by atoms with E-state index in [0.29, 0.717) is 5.56 Å². The average molecular weight is 265 g/mol. The zero-order chi connectivity index (χ0) is 13.9. The Morgan fingerprint density at radius 1 is 1.10 bits per heavy atom. The Bertz CT molecular complexity index is 758. The fourth-order valence-electron chi connectivity index (χ4n) is 2.39. The molecule has 0 radical (unpaired) electrons. The van der Waals surface area contributed by atoms with Crippen molar-refractivity contribution in [2.75, 3.05) is 7.11 Å². The molecule has 20 heavy (non-hydrogen) atoms. The van der Waals surface area contributed by atoms with Crippen molar-refractivity contribution in [2.45, 2.75) is 6.54 Å². The van der Waals surface area contributed by atoms with Crippen molar-refractivity contribution in [3.63, 3.8) is 0 Å². The molecule has 3 aromatic rings. The van der Waals surface area contributed by atoms with Crippen LogP contribution in [0.25, 0.3) is 10.9 Å². The van der Waals surface area contributed by atoms with Gasteiger partial charge in [0.1, 0.15) is 0 Å². The van der Waals surface area contributed by atoms with Crippen molar-refractivity contribution in [3.05, 3.63) is 71.9 Å². The normalized spacial score (nSPS) is 10.7. The van der Waals surface area contributed by atoms with Gasteiger partial charge in [0.2, 0.25) is 0 Å². The molecule has 0 aliphatic heterocycles. The highest BCUT2D eigenvalue weighted by molar-refractivity contribution is 5.89. The van der Waals surface area contributed by atoms with E-state index >= 15 is 0 Å². The number of carbonyl (C=O) groups excluding carboxylic acids is 1. The van der Waals surface area contributed by atoms with E-state index in [1.165, 1.54) is 18.0 Å². The van der Waals surface area contributed by atoms with Crippen LogP contribution in [0.2, 0.25) is 0 Å². The van der Waals surface area contributed by atoms with Crippen LogP contribution in [0.15, 0.2) is 60.8 Å². The van der Waals surface area contributed by atoms with Gasteiger partial charge in [-0.2, -0.15) is 0 Å². The van der Waals surface area contributed by atoms with Gasteiger partial charge in [-0.15, -0.1) is 0 Å². The minimum absolute atomic E-state index is 0.302. The summed E-state index contributed by atoms with van der Waals surface area (Å²) in [6.45, 7) is 0.734. The molecule has 0 saturated heterocycles. The lowest BCUT2D eigenvalue weighted by Crippen LogP contribution is -2.03. The summed E-state index contributed by atoms with van der Waals surface area (Å²) >= 11 is 0. The summed E-state index contributed by atoms with van der Waals surface area (Å²) in [5.41, 5.74) is 2.85. The van der Waals surface area contributed by atoms with Crippen LogP contribution in [0.4, 0.5) is 0 Å². The van der Waals surface area contributed by atoms with Gasteiger partial charge in [-0.1, -0.05) is 30.3 Å². The lowest BCUT2D eigenvalue weighted by atomic mass is 10.1. The molecule has 0 amide bonds. The standard InChI is InChI=1S/C17H15NO2/c1-20-17(19)15-7-4-5-13(11-15)12-18-10-9-14-6-2-3-8-16(14)18/h2-11H,12H2,1H3. The number of esters is 1. The highest BCUT2D eigenvalue weighted by Crippen LogP contribution is 2.17. The fourth-order valence-corrected chi connectivity index (χ4v) is 2.39. The molecule has 0 N–H and O–H groups in total. The third-order valence-corrected chi connectivity index (χ3v) is 3.38. The first-order chi connectivity index (χ1) is 9.78. The number of fused-ring (bicyclic) bond motifs is 1. The van der Waals surface area contributed by atoms with E-state index in [0.717, 1.165) is 12.1 Å². The smallest absolute Gasteiger partial charge is 0.337 e. The molecule has 0 spiro atoms. The zero-order valence-corrected chi connectivity index (χ0v) is 11.2. The van der Waals surface area contributed by atoms with Crippen molar-refractivity contribution in [1.29, 1.82) is 0 Å². The minimum atomic E-state index is -0.302. The van der Waals surface area contributed by atoms with Gasteiger partial charge in [-0.05, 0) is 35.2 Å². The lowest BCUT2D eigenvalue weighted by Gasteiger charge is -2.07. The molecular weight excluding hydrogens is 250 g/mol. The predicted molar refractivity (Wildman–Crippen MR) is 78.8 cm³/mol. The van der Waals surface area contributed by atoms with E-state index in [1.807, 2.05) is 30.3 Å².